The minimum absolute atomic E-state index is 0.0990. The average Bonchev–Trinajstić information content (AvgIpc) is 2.41. The number of hydrogen-bond acceptors (Lipinski definition) is 6. The summed E-state index contributed by atoms with van der Waals surface area (Å²) >= 11 is 0. The van der Waals surface area contributed by atoms with E-state index in [9.17, 15) is 20.0 Å². The van der Waals surface area contributed by atoms with Crippen LogP contribution in [-0.4, -0.2) is 59.1 Å². The smallest absolute Gasteiger partial charge is 0.311 e. The number of hydrogen-bond donors (Lipinski definition) is 2. The molecule has 0 saturated carbocycles. The fraction of sp³-hybridized carbons (Fsp3) is 0.417. The number of rotatable bonds is 3. The van der Waals surface area contributed by atoms with Gasteiger partial charge in [-0.1, -0.05) is 6.07 Å². The van der Waals surface area contributed by atoms with E-state index in [1.54, 1.807) is 5.01 Å². The molecule has 1 saturated heterocycles. The van der Waals surface area contributed by atoms with E-state index in [4.69, 9.17) is 0 Å². The van der Waals surface area contributed by atoms with Crippen LogP contribution in [0.2, 0.25) is 0 Å². The van der Waals surface area contributed by atoms with E-state index in [-0.39, 0.29) is 5.56 Å². The molecule has 1 aliphatic rings. The molecule has 8 nitrogen and oxygen atoms in total. The first-order valence-electron chi connectivity index (χ1n) is 6.20. The predicted octanol–water partition coefficient (Wildman–Crippen LogP) is 0.193. The van der Waals surface area contributed by atoms with Crippen LogP contribution in [0.3, 0.4) is 0 Å². The number of amides is 1. The van der Waals surface area contributed by atoms with Crippen LogP contribution < -0.4 is 5.43 Å². The van der Waals surface area contributed by atoms with Gasteiger partial charge in [0.25, 0.3) is 5.91 Å². The summed E-state index contributed by atoms with van der Waals surface area (Å²) in [5.74, 6) is -1.15. The van der Waals surface area contributed by atoms with Crippen molar-refractivity contribution in [1.29, 1.82) is 0 Å². The Labute approximate surface area is 115 Å². The molecule has 0 aliphatic carbocycles. The standard InChI is InChI=1S/C12H16N4O4/c1-14-5-7-15(8-6-14)13-12(18)9-3-2-4-10(11(9)17)16(19)20/h2-4,17H,5-8H2,1H3,(H,13,18). The van der Waals surface area contributed by atoms with Crippen LogP contribution in [0, 0.1) is 10.1 Å². The molecule has 0 bridgehead atoms. The van der Waals surface area contributed by atoms with Crippen molar-refractivity contribution in [3.63, 3.8) is 0 Å². The van der Waals surface area contributed by atoms with Crippen LogP contribution in [0.5, 0.6) is 5.75 Å². The predicted molar refractivity (Wildman–Crippen MR) is 71.3 cm³/mol. The first kappa shape index (κ1) is 14.2. The third-order valence-electron chi connectivity index (χ3n) is 3.22. The number of likely N-dealkylation sites (N-methyl/N-ethyl adjacent to an activating group) is 1. The molecule has 0 radical (unpaired) electrons. The Hall–Kier alpha value is -2.19. The van der Waals surface area contributed by atoms with Gasteiger partial charge in [-0.2, -0.15) is 0 Å². The van der Waals surface area contributed by atoms with E-state index in [0.29, 0.717) is 13.1 Å². The van der Waals surface area contributed by atoms with Gasteiger partial charge < -0.3 is 10.0 Å². The second kappa shape index (κ2) is 5.85. The van der Waals surface area contributed by atoms with Crippen molar-refractivity contribution >= 4 is 11.6 Å². The molecule has 0 atom stereocenters. The molecule has 1 fully saturated rings. The molecule has 1 amide bonds. The van der Waals surface area contributed by atoms with Gasteiger partial charge in [-0.05, 0) is 13.1 Å². The molecule has 0 spiro atoms. The summed E-state index contributed by atoms with van der Waals surface area (Å²) in [6.45, 7) is 2.97. The molecule has 2 N–H and O–H groups in total. The van der Waals surface area contributed by atoms with Crippen LogP contribution in [0.4, 0.5) is 5.69 Å². The molecule has 1 heterocycles. The number of hydrazine groups is 1. The van der Waals surface area contributed by atoms with Gasteiger partial charge in [-0.25, -0.2) is 5.01 Å². The summed E-state index contributed by atoms with van der Waals surface area (Å²) in [5.41, 5.74) is 2.07. The fourth-order valence-corrected chi connectivity index (χ4v) is 1.98. The fourth-order valence-electron chi connectivity index (χ4n) is 1.98. The largest absolute Gasteiger partial charge is 0.502 e. The zero-order chi connectivity index (χ0) is 14.7. The molecule has 108 valence electrons. The lowest BCUT2D eigenvalue weighted by molar-refractivity contribution is -0.385. The van der Waals surface area contributed by atoms with E-state index in [1.165, 1.54) is 12.1 Å². The molecule has 1 aliphatic heterocycles. The van der Waals surface area contributed by atoms with Crippen LogP contribution in [0.1, 0.15) is 10.4 Å². The Morgan fingerprint density at radius 2 is 2.00 bits per heavy atom. The number of nitro benzene ring substituents is 1. The third kappa shape index (κ3) is 3.03. The van der Waals surface area contributed by atoms with Gasteiger partial charge in [-0.15, -0.1) is 0 Å². The number of carbonyl (C=O) groups is 1. The number of piperazine rings is 1. The molecule has 8 heteroatoms. The molecule has 1 aromatic carbocycles. The van der Waals surface area contributed by atoms with E-state index >= 15 is 0 Å². The zero-order valence-corrected chi connectivity index (χ0v) is 11.1. The highest BCUT2D eigenvalue weighted by molar-refractivity contribution is 5.97. The maximum atomic E-state index is 12.0. The summed E-state index contributed by atoms with van der Waals surface area (Å²) in [5, 5.41) is 22.2. The summed E-state index contributed by atoms with van der Waals surface area (Å²) in [7, 11) is 1.99. The van der Waals surface area contributed by atoms with Gasteiger partial charge in [0.05, 0.1) is 10.5 Å². The normalized spacial score (nSPS) is 16.9. The molecule has 0 unspecified atom stereocenters. The van der Waals surface area contributed by atoms with Crippen molar-refractivity contribution in [2.75, 3.05) is 33.2 Å². The number of nitrogens with zero attached hydrogens (tertiary/aromatic N) is 3. The highest BCUT2D eigenvalue weighted by atomic mass is 16.6. The Morgan fingerprint density at radius 1 is 1.35 bits per heavy atom. The highest BCUT2D eigenvalue weighted by Crippen LogP contribution is 2.29. The average molecular weight is 280 g/mol. The van der Waals surface area contributed by atoms with Crippen LogP contribution in [-0.2, 0) is 0 Å². The quantitative estimate of drug-likeness (QED) is 0.606. The van der Waals surface area contributed by atoms with E-state index < -0.39 is 22.3 Å². The summed E-state index contributed by atoms with van der Waals surface area (Å²) < 4.78 is 0. The topological polar surface area (TPSA) is 99.0 Å². The summed E-state index contributed by atoms with van der Waals surface area (Å²) in [6.07, 6.45) is 0. The number of nitrogens with one attached hydrogen (secondary N) is 1. The van der Waals surface area contributed by atoms with Crippen LogP contribution >= 0.6 is 0 Å². The Bertz CT molecular complexity index is 526. The molecule has 1 aromatic rings. The van der Waals surface area contributed by atoms with Crippen molar-refractivity contribution in [2.45, 2.75) is 0 Å². The molecule has 20 heavy (non-hydrogen) atoms. The monoisotopic (exact) mass is 280 g/mol. The van der Waals surface area contributed by atoms with Gasteiger partial charge in [0.15, 0.2) is 0 Å². The number of benzene rings is 1. The second-order valence-electron chi connectivity index (χ2n) is 4.66. The molecule has 2 rings (SSSR count). The van der Waals surface area contributed by atoms with Gasteiger partial charge in [0, 0.05) is 32.2 Å². The van der Waals surface area contributed by atoms with E-state index in [0.717, 1.165) is 19.2 Å². The van der Waals surface area contributed by atoms with Crippen LogP contribution in [0.25, 0.3) is 0 Å². The zero-order valence-electron chi connectivity index (χ0n) is 11.1. The molecular formula is C12H16N4O4. The Morgan fingerprint density at radius 3 is 2.60 bits per heavy atom. The minimum Gasteiger partial charge on any atom is -0.502 e. The van der Waals surface area contributed by atoms with Crippen molar-refractivity contribution < 1.29 is 14.8 Å². The Balaban J connectivity index is 2.10. The summed E-state index contributed by atoms with van der Waals surface area (Å²) in [6, 6.07) is 3.88. The molecule has 0 aromatic heterocycles. The Kier molecular flexibility index (Phi) is 4.16. The first-order valence-corrected chi connectivity index (χ1v) is 6.20. The van der Waals surface area contributed by atoms with E-state index in [2.05, 4.69) is 10.3 Å². The lowest BCUT2D eigenvalue weighted by Crippen LogP contribution is -2.52. The van der Waals surface area contributed by atoms with Crippen molar-refractivity contribution in [3.05, 3.63) is 33.9 Å². The number of para-hydroxylation sites is 1. The third-order valence-corrected chi connectivity index (χ3v) is 3.22. The van der Waals surface area contributed by atoms with E-state index in [1.807, 2.05) is 7.05 Å². The van der Waals surface area contributed by atoms with Crippen LogP contribution in [0.15, 0.2) is 18.2 Å². The number of nitro groups is 1. The van der Waals surface area contributed by atoms with Crippen molar-refractivity contribution in [3.8, 4) is 5.75 Å². The SMILES string of the molecule is CN1CCN(NC(=O)c2cccc([N+](=O)[O-])c2O)CC1. The highest BCUT2D eigenvalue weighted by Gasteiger charge is 2.23. The number of phenolic OH excluding ortho intramolecular Hbond substituents is 1. The van der Waals surface area contributed by atoms with Crippen molar-refractivity contribution in [1.82, 2.24) is 15.3 Å². The number of phenols is 1. The van der Waals surface area contributed by atoms with Gasteiger partial charge >= 0.3 is 5.69 Å². The van der Waals surface area contributed by atoms with Gasteiger partial charge in [0.1, 0.15) is 0 Å². The number of aromatic hydroxyl groups is 1. The second-order valence-corrected chi connectivity index (χ2v) is 4.66. The molecular weight excluding hydrogens is 264 g/mol. The maximum Gasteiger partial charge on any atom is 0.311 e. The minimum atomic E-state index is -0.720. The lowest BCUT2D eigenvalue weighted by Gasteiger charge is -2.32. The lowest BCUT2D eigenvalue weighted by atomic mass is 10.1. The van der Waals surface area contributed by atoms with Gasteiger partial charge in [0.2, 0.25) is 5.75 Å². The maximum absolute atomic E-state index is 12.0. The van der Waals surface area contributed by atoms with Gasteiger partial charge in [-0.3, -0.25) is 20.3 Å². The first-order chi connectivity index (χ1) is 9.49. The summed E-state index contributed by atoms with van der Waals surface area (Å²) in [4.78, 5) is 24.2. The van der Waals surface area contributed by atoms with Crippen molar-refractivity contribution in [2.24, 2.45) is 0 Å². The number of carbonyl (C=O) groups excluding carboxylic acids is 1.